The molecule has 1 aliphatic heterocycles. The minimum Gasteiger partial charge on any atom is -0.356 e. The van der Waals surface area contributed by atoms with Gasteiger partial charge in [-0.3, -0.25) is 0 Å². The molecular formula is C21H21N5S. The average molecular weight is 376 g/mol. The molecular weight excluding hydrogens is 354 g/mol. The van der Waals surface area contributed by atoms with E-state index in [0.29, 0.717) is 5.92 Å². The summed E-state index contributed by atoms with van der Waals surface area (Å²) in [5.74, 6) is 2.64. The van der Waals surface area contributed by atoms with Crippen LogP contribution in [0.4, 0.5) is 5.82 Å². The molecule has 5 nitrogen and oxygen atoms in total. The van der Waals surface area contributed by atoms with Crippen LogP contribution < -0.4 is 4.90 Å². The number of nitrogens with zero attached hydrogens (tertiary/aromatic N) is 5. The highest BCUT2D eigenvalue weighted by atomic mass is 32.1. The first-order chi connectivity index (χ1) is 13.4. The number of benzene rings is 1. The summed E-state index contributed by atoms with van der Waals surface area (Å²) in [7, 11) is 0. The molecule has 0 bridgehead atoms. The number of anilines is 1. The normalized spacial score (nSPS) is 17.5. The van der Waals surface area contributed by atoms with E-state index < -0.39 is 0 Å². The van der Waals surface area contributed by atoms with Crippen molar-refractivity contribution in [2.45, 2.75) is 25.3 Å². The van der Waals surface area contributed by atoms with Gasteiger partial charge in [0.05, 0.1) is 23.3 Å². The molecule has 0 N–H and O–H groups in total. The summed E-state index contributed by atoms with van der Waals surface area (Å²) in [6, 6.07) is 12.6. The number of hydrogen-bond acceptors (Lipinski definition) is 5. The third-order valence-corrected chi connectivity index (χ3v) is 5.89. The number of thiazole rings is 1. The van der Waals surface area contributed by atoms with Crippen molar-refractivity contribution in [1.82, 2.24) is 19.5 Å². The van der Waals surface area contributed by atoms with Crippen molar-refractivity contribution in [3.05, 3.63) is 71.2 Å². The SMILES string of the molecule is c1ccc2nc(N3CCCC(c4nccn4Cc4cscn4)C3)ccc2c1. The van der Waals surface area contributed by atoms with E-state index in [1.807, 2.05) is 17.8 Å². The molecule has 0 amide bonds. The van der Waals surface area contributed by atoms with Crippen LogP contribution in [0.25, 0.3) is 10.9 Å². The number of aromatic nitrogens is 4. The van der Waals surface area contributed by atoms with Crippen LogP contribution >= 0.6 is 11.3 Å². The van der Waals surface area contributed by atoms with Crippen LogP contribution in [0, 0.1) is 0 Å². The van der Waals surface area contributed by atoms with Crippen LogP contribution in [0.1, 0.15) is 30.3 Å². The maximum Gasteiger partial charge on any atom is 0.129 e. The lowest BCUT2D eigenvalue weighted by Gasteiger charge is -2.33. The molecule has 27 heavy (non-hydrogen) atoms. The van der Waals surface area contributed by atoms with E-state index in [4.69, 9.17) is 4.98 Å². The van der Waals surface area contributed by atoms with Gasteiger partial charge in [0, 0.05) is 42.2 Å². The Balaban J connectivity index is 1.38. The molecule has 1 aliphatic rings. The second-order valence-electron chi connectivity index (χ2n) is 7.04. The maximum absolute atomic E-state index is 4.89. The lowest BCUT2D eigenvalue weighted by atomic mass is 9.97. The summed E-state index contributed by atoms with van der Waals surface area (Å²) in [6.45, 7) is 2.80. The summed E-state index contributed by atoms with van der Waals surface area (Å²) in [5.41, 5.74) is 4.05. The van der Waals surface area contributed by atoms with Crippen LogP contribution in [-0.4, -0.2) is 32.6 Å². The molecule has 1 atom stereocenters. The molecule has 0 spiro atoms. The van der Waals surface area contributed by atoms with Crippen molar-refractivity contribution in [3.8, 4) is 0 Å². The second-order valence-corrected chi connectivity index (χ2v) is 7.76. The van der Waals surface area contributed by atoms with Gasteiger partial charge in [-0.1, -0.05) is 18.2 Å². The van der Waals surface area contributed by atoms with Crippen LogP contribution in [0.3, 0.4) is 0 Å². The Kier molecular flexibility index (Phi) is 4.33. The Morgan fingerprint density at radius 3 is 3.00 bits per heavy atom. The quantitative estimate of drug-likeness (QED) is 0.533. The van der Waals surface area contributed by atoms with E-state index in [2.05, 4.69) is 61.3 Å². The lowest BCUT2D eigenvalue weighted by Crippen LogP contribution is -2.36. The Morgan fingerprint density at radius 1 is 1.11 bits per heavy atom. The molecule has 4 heterocycles. The van der Waals surface area contributed by atoms with Crippen molar-refractivity contribution < 1.29 is 0 Å². The summed E-state index contributed by atoms with van der Waals surface area (Å²) in [4.78, 5) is 16.4. The van der Waals surface area contributed by atoms with Crippen molar-refractivity contribution >= 4 is 28.1 Å². The molecule has 1 saturated heterocycles. The Hall–Kier alpha value is -2.73. The fourth-order valence-corrected chi connectivity index (χ4v) is 4.48. The first-order valence-electron chi connectivity index (χ1n) is 9.36. The highest BCUT2D eigenvalue weighted by Gasteiger charge is 2.25. The predicted octanol–water partition coefficient (Wildman–Crippen LogP) is 4.32. The van der Waals surface area contributed by atoms with E-state index in [0.717, 1.165) is 55.3 Å². The number of fused-ring (bicyclic) bond motifs is 1. The van der Waals surface area contributed by atoms with Crippen LogP contribution in [0.2, 0.25) is 0 Å². The topological polar surface area (TPSA) is 46.8 Å². The first kappa shape index (κ1) is 16.4. The monoisotopic (exact) mass is 375 g/mol. The van der Waals surface area contributed by atoms with Gasteiger partial charge < -0.3 is 9.47 Å². The van der Waals surface area contributed by atoms with Gasteiger partial charge in [-0.15, -0.1) is 11.3 Å². The summed E-state index contributed by atoms with van der Waals surface area (Å²) in [6.07, 6.45) is 6.30. The first-order valence-corrected chi connectivity index (χ1v) is 10.3. The largest absolute Gasteiger partial charge is 0.356 e. The van der Waals surface area contributed by atoms with Gasteiger partial charge in [-0.2, -0.15) is 0 Å². The minimum atomic E-state index is 0.417. The molecule has 1 fully saturated rings. The number of para-hydroxylation sites is 1. The standard InChI is InChI=1S/C21H21N5S/c1-2-6-19-16(4-1)7-8-20(24-19)25-10-3-5-17(12-25)21-22-9-11-26(21)13-18-14-27-15-23-18/h1-2,4,6-9,11,14-15,17H,3,5,10,12-13H2. The second kappa shape index (κ2) is 7.12. The molecule has 6 heteroatoms. The van der Waals surface area contributed by atoms with E-state index in [9.17, 15) is 0 Å². The minimum absolute atomic E-state index is 0.417. The fraction of sp³-hybridized carbons (Fsp3) is 0.286. The molecule has 1 aromatic carbocycles. The Bertz CT molecular complexity index is 1040. The molecule has 136 valence electrons. The molecule has 0 saturated carbocycles. The van der Waals surface area contributed by atoms with Gasteiger partial charge in [0.15, 0.2) is 0 Å². The number of hydrogen-bond donors (Lipinski definition) is 0. The molecule has 5 rings (SSSR count). The van der Waals surface area contributed by atoms with Crippen molar-refractivity contribution in [2.75, 3.05) is 18.0 Å². The third kappa shape index (κ3) is 3.32. The number of pyridine rings is 1. The summed E-state index contributed by atoms with van der Waals surface area (Å²) >= 11 is 1.64. The zero-order valence-corrected chi connectivity index (χ0v) is 15.8. The van der Waals surface area contributed by atoms with E-state index in [1.165, 1.54) is 5.39 Å². The van der Waals surface area contributed by atoms with Gasteiger partial charge in [0.1, 0.15) is 11.6 Å². The van der Waals surface area contributed by atoms with Crippen molar-refractivity contribution in [2.24, 2.45) is 0 Å². The Labute approximate surface area is 162 Å². The van der Waals surface area contributed by atoms with Crippen LogP contribution in [0.5, 0.6) is 0 Å². The van der Waals surface area contributed by atoms with Crippen LogP contribution in [0.15, 0.2) is 59.7 Å². The Morgan fingerprint density at radius 2 is 2.07 bits per heavy atom. The van der Waals surface area contributed by atoms with Gasteiger partial charge in [0.2, 0.25) is 0 Å². The number of rotatable bonds is 4. The lowest BCUT2D eigenvalue weighted by molar-refractivity contribution is 0.474. The van der Waals surface area contributed by atoms with E-state index in [-0.39, 0.29) is 0 Å². The fourth-order valence-electron chi connectivity index (χ4n) is 3.93. The highest BCUT2D eigenvalue weighted by molar-refractivity contribution is 7.07. The molecule has 4 aromatic rings. The summed E-state index contributed by atoms with van der Waals surface area (Å²) < 4.78 is 2.25. The van der Waals surface area contributed by atoms with E-state index in [1.54, 1.807) is 11.3 Å². The molecule has 3 aromatic heterocycles. The zero-order valence-electron chi connectivity index (χ0n) is 15.0. The van der Waals surface area contributed by atoms with Gasteiger partial charge in [0.25, 0.3) is 0 Å². The molecule has 0 aliphatic carbocycles. The van der Waals surface area contributed by atoms with Crippen LogP contribution in [-0.2, 0) is 6.54 Å². The van der Waals surface area contributed by atoms with Gasteiger partial charge in [-0.05, 0) is 31.0 Å². The van der Waals surface area contributed by atoms with Gasteiger partial charge in [-0.25, -0.2) is 15.0 Å². The molecule has 0 radical (unpaired) electrons. The predicted molar refractivity (Wildman–Crippen MR) is 109 cm³/mol. The van der Waals surface area contributed by atoms with E-state index >= 15 is 0 Å². The third-order valence-electron chi connectivity index (χ3n) is 5.26. The molecule has 1 unspecified atom stereocenters. The van der Waals surface area contributed by atoms with Gasteiger partial charge >= 0.3 is 0 Å². The highest BCUT2D eigenvalue weighted by Crippen LogP contribution is 2.29. The zero-order chi connectivity index (χ0) is 18.1. The van der Waals surface area contributed by atoms with Crippen molar-refractivity contribution in [3.63, 3.8) is 0 Å². The maximum atomic E-state index is 4.89. The number of imidazole rings is 1. The summed E-state index contributed by atoms with van der Waals surface area (Å²) in [5, 5.41) is 3.30. The number of piperidine rings is 1. The van der Waals surface area contributed by atoms with Crippen molar-refractivity contribution in [1.29, 1.82) is 0 Å². The average Bonchev–Trinajstić information content (AvgIpc) is 3.40. The smallest absolute Gasteiger partial charge is 0.129 e.